The van der Waals surface area contributed by atoms with Crippen molar-refractivity contribution in [1.82, 2.24) is 5.32 Å². The average Bonchev–Trinajstić information content (AvgIpc) is 2.97. The molecule has 5 heteroatoms. The lowest BCUT2D eigenvalue weighted by molar-refractivity contribution is -0.128. The predicted octanol–water partition coefficient (Wildman–Crippen LogP) is 6.02. The van der Waals surface area contributed by atoms with Crippen molar-refractivity contribution in [3.05, 3.63) is 34.3 Å². The fourth-order valence-corrected chi connectivity index (χ4v) is 6.03. The minimum absolute atomic E-state index is 0.0379. The zero-order valence-corrected chi connectivity index (χ0v) is 17.1. The van der Waals surface area contributed by atoms with Gasteiger partial charge in [0.1, 0.15) is 4.33 Å². The van der Waals surface area contributed by atoms with Gasteiger partial charge in [0.25, 0.3) is 0 Å². The van der Waals surface area contributed by atoms with E-state index in [0.29, 0.717) is 6.42 Å². The molecule has 1 aromatic carbocycles. The molecule has 1 fully saturated rings. The second-order valence-electron chi connectivity index (χ2n) is 6.37. The number of rotatable bonds is 6. The van der Waals surface area contributed by atoms with E-state index in [1.54, 1.807) is 0 Å². The molecule has 2 nitrogen and oxygen atoms in total. The molecular weight excluding hydrogens is 397 g/mol. The van der Waals surface area contributed by atoms with Crippen molar-refractivity contribution in [1.29, 1.82) is 0 Å². The Morgan fingerprint density at radius 3 is 2.04 bits per heavy atom. The summed E-state index contributed by atoms with van der Waals surface area (Å²) < 4.78 is 0.0189. The summed E-state index contributed by atoms with van der Waals surface area (Å²) in [5.41, 5.74) is -0.000704. The minimum atomic E-state index is -0.998. The van der Waals surface area contributed by atoms with Crippen LogP contribution in [-0.4, -0.2) is 10.2 Å². The van der Waals surface area contributed by atoms with Gasteiger partial charge in [-0.15, -0.1) is 0 Å². The second-order valence-corrected chi connectivity index (χ2v) is 8.61. The molecule has 0 bridgehead atoms. The summed E-state index contributed by atoms with van der Waals surface area (Å²) in [4.78, 5) is 13.1. The van der Waals surface area contributed by atoms with Gasteiger partial charge in [-0.3, -0.25) is 4.79 Å². The van der Waals surface area contributed by atoms with Crippen LogP contribution in [0.5, 0.6) is 0 Å². The molecule has 1 aliphatic rings. The van der Waals surface area contributed by atoms with Gasteiger partial charge in [-0.1, -0.05) is 72.0 Å². The van der Waals surface area contributed by atoms with Gasteiger partial charge in [0.15, 0.2) is 0 Å². The fraction of sp³-hybridized carbons (Fsp3) is 0.611. The summed E-state index contributed by atoms with van der Waals surface area (Å²) in [5.74, 6) is -0.0379. The first-order chi connectivity index (χ1) is 10.7. The first kappa shape index (κ1) is 19.1. The van der Waals surface area contributed by atoms with E-state index in [1.165, 1.54) is 0 Å². The van der Waals surface area contributed by atoms with E-state index in [4.69, 9.17) is 23.2 Å². The Hall–Kier alpha value is -0.250. The van der Waals surface area contributed by atoms with E-state index in [1.807, 2.05) is 38.1 Å². The maximum absolute atomic E-state index is 13.1. The zero-order valence-electron chi connectivity index (χ0n) is 14.1. The van der Waals surface area contributed by atoms with E-state index in [0.717, 1.165) is 22.9 Å². The van der Waals surface area contributed by atoms with E-state index in [9.17, 15) is 4.79 Å². The Morgan fingerprint density at radius 1 is 1.13 bits per heavy atom. The number of benzene rings is 1. The normalized spacial score (nSPS) is 25.7. The lowest BCUT2D eigenvalue weighted by atomic mass is 9.85. The smallest absolute Gasteiger partial charge is 0.230 e. The molecule has 0 radical (unpaired) electrons. The lowest BCUT2D eigenvalue weighted by Gasteiger charge is -2.23. The Kier molecular flexibility index (Phi) is 5.45. The van der Waals surface area contributed by atoms with Crippen molar-refractivity contribution >= 4 is 45.0 Å². The van der Waals surface area contributed by atoms with Gasteiger partial charge in [-0.25, -0.2) is 0 Å². The Labute approximate surface area is 157 Å². The van der Waals surface area contributed by atoms with Crippen LogP contribution in [-0.2, 0) is 4.79 Å². The number of amides is 1. The monoisotopic (exact) mass is 419 g/mol. The molecule has 1 amide bonds. The number of hydrogen-bond acceptors (Lipinski definition) is 1. The molecule has 1 saturated carbocycles. The molecule has 1 aliphatic carbocycles. The molecule has 0 spiro atoms. The molecule has 128 valence electrons. The van der Waals surface area contributed by atoms with Crippen molar-refractivity contribution in [3.8, 4) is 0 Å². The van der Waals surface area contributed by atoms with Gasteiger partial charge in [0, 0.05) is 9.89 Å². The standard InChI is InChI=1S/C18H24BrCl2NO/c1-5-16(6-2)17(7-3,18(16,20)21)15(23)22-12(4)13-8-10-14(19)11-9-13/h8-12H,5-7H2,1-4H3,(H,22,23). The highest BCUT2D eigenvalue weighted by Crippen LogP contribution is 2.82. The highest BCUT2D eigenvalue weighted by molar-refractivity contribution is 9.10. The van der Waals surface area contributed by atoms with Crippen LogP contribution < -0.4 is 5.32 Å². The number of carbonyl (C=O) groups is 1. The maximum atomic E-state index is 13.1. The van der Waals surface area contributed by atoms with Crippen LogP contribution in [0, 0.1) is 10.8 Å². The largest absolute Gasteiger partial charge is 0.349 e. The molecule has 0 aliphatic heterocycles. The van der Waals surface area contributed by atoms with Crippen molar-refractivity contribution < 1.29 is 4.79 Å². The molecule has 1 aromatic rings. The van der Waals surface area contributed by atoms with E-state index < -0.39 is 9.75 Å². The topological polar surface area (TPSA) is 29.1 Å². The van der Waals surface area contributed by atoms with Gasteiger partial charge < -0.3 is 5.32 Å². The Bertz CT molecular complexity index is 583. The molecule has 1 N–H and O–H groups in total. The quantitative estimate of drug-likeness (QED) is 0.560. The first-order valence-electron chi connectivity index (χ1n) is 8.18. The number of hydrogen-bond donors (Lipinski definition) is 1. The van der Waals surface area contributed by atoms with Crippen LogP contribution in [0.3, 0.4) is 0 Å². The van der Waals surface area contributed by atoms with Crippen LogP contribution in [0.1, 0.15) is 58.6 Å². The highest BCUT2D eigenvalue weighted by atomic mass is 79.9. The summed E-state index contributed by atoms with van der Waals surface area (Å²) >= 11 is 16.7. The van der Waals surface area contributed by atoms with Gasteiger partial charge in [-0.2, -0.15) is 0 Å². The summed E-state index contributed by atoms with van der Waals surface area (Å²) in [6.07, 6.45) is 2.23. The van der Waals surface area contributed by atoms with Crippen LogP contribution in [0.15, 0.2) is 28.7 Å². The van der Waals surface area contributed by atoms with Crippen molar-refractivity contribution in [2.75, 3.05) is 0 Å². The molecule has 2 unspecified atom stereocenters. The molecule has 0 heterocycles. The molecule has 2 rings (SSSR count). The van der Waals surface area contributed by atoms with Crippen LogP contribution in [0.2, 0.25) is 0 Å². The number of nitrogens with one attached hydrogen (secondary N) is 1. The minimum Gasteiger partial charge on any atom is -0.349 e. The molecule has 0 aromatic heterocycles. The van der Waals surface area contributed by atoms with Crippen LogP contribution in [0.4, 0.5) is 0 Å². The fourth-order valence-electron chi connectivity index (χ4n) is 4.21. The molecular formula is C18H24BrCl2NO. The van der Waals surface area contributed by atoms with Crippen LogP contribution in [0.25, 0.3) is 0 Å². The van der Waals surface area contributed by atoms with Crippen molar-refractivity contribution in [2.45, 2.75) is 57.3 Å². The lowest BCUT2D eigenvalue weighted by Crippen LogP contribution is -2.38. The Morgan fingerprint density at radius 2 is 1.65 bits per heavy atom. The van der Waals surface area contributed by atoms with Gasteiger partial charge in [-0.05, 0) is 43.9 Å². The highest BCUT2D eigenvalue weighted by Gasteiger charge is 2.87. The number of carbonyl (C=O) groups excluding carboxylic acids is 1. The first-order valence-corrected chi connectivity index (χ1v) is 9.73. The van der Waals surface area contributed by atoms with E-state index >= 15 is 0 Å². The van der Waals surface area contributed by atoms with E-state index in [2.05, 4.69) is 35.1 Å². The summed E-state index contributed by atoms with van der Waals surface area (Å²) in [6, 6.07) is 7.86. The average molecular weight is 421 g/mol. The summed E-state index contributed by atoms with van der Waals surface area (Å²) in [5, 5.41) is 3.13. The summed E-state index contributed by atoms with van der Waals surface area (Å²) in [7, 11) is 0. The Balaban J connectivity index is 2.24. The van der Waals surface area contributed by atoms with Gasteiger partial charge >= 0.3 is 0 Å². The maximum Gasteiger partial charge on any atom is 0.230 e. The number of halogens is 3. The van der Waals surface area contributed by atoms with Gasteiger partial charge in [0.2, 0.25) is 5.91 Å². The molecule has 2 atom stereocenters. The SMILES string of the molecule is CCC1(CC)C(Cl)(Cl)C1(CC)C(=O)NC(C)c1ccc(Br)cc1. The zero-order chi connectivity index (χ0) is 17.5. The molecule has 23 heavy (non-hydrogen) atoms. The van der Waals surface area contributed by atoms with Crippen LogP contribution >= 0.6 is 39.1 Å². The summed E-state index contributed by atoms with van der Waals surface area (Å²) in [6.45, 7) is 8.10. The number of alkyl halides is 2. The third-order valence-corrected chi connectivity index (χ3v) is 7.63. The molecule has 0 saturated heterocycles. The third kappa shape index (κ3) is 2.54. The van der Waals surface area contributed by atoms with Crippen molar-refractivity contribution in [3.63, 3.8) is 0 Å². The van der Waals surface area contributed by atoms with E-state index in [-0.39, 0.29) is 17.4 Å². The third-order valence-electron chi connectivity index (χ3n) is 5.73. The van der Waals surface area contributed by atoms with Crippen molar-refractivity contribution in [2.24, 2.45) is 10.8 Å². The van der Waals surface area contributed by atoms with Gasteiger partial charge in [0.05, 0.1) is 11.5 Å². The second kappa shape index (κ2) is 6.57. The predicted molar refractivity (Wildman–Crippen MR) is 101 cm³/mol.